The molecule has 0 heterocycles. The van der Waals surface area contributed by atoms with Crippen molar-refractivity contribution in [2.24, 2.45) is 5.92 Å². The lowest BCUT2D eigenvalue weighted by atomic mass is 9.87. The molecule has 0 spiro atoms. The van der Waals surface area contributed by atoms with Crippen LogP contribution in [-0.4, -0.2) is 29.8 Å². The summed E-state index contributed by atoms with van der Waals surface area (Å²) in [5, 5.41) is 10.2. The van der Waals surface area contributed by atoms with Crippen molar-refractivity contribution in [3.63, 3.8) is 0 Å². The molecule has 0 saturated heterocycles. The van der Waals surface area contributed by atoms with Crippen LogP contribution < -0.4 is 4.74 Å². The van der Waals surface area contributed by atoms with Gasteiger partial charge in [-0.25, -0.2) is 4.79 Å². The van der Waals surface area contributed by atoms with Gasteiger partial charge in [0.05, 0.1) is 18.6 Å². The molecule has 1 fully saturated rings. The fourth-order valence-corrected chi connectivity index (χ4v) is 3.43. The maximum Gasteiger partial charge on any atom is 0.342 e. The first-order valence-corrected chi connectivity index (χ1v) is 9.94. The highest BCUT2D eigenvalue weighted by atomic mass is 16.5. The third kappa shape index (κ3) is 5.73. The van der Waals surface area contributed by atoms with E-state index in [0.717, 1.165) is 31.2 Å². The zero-order valence-corrected chi connectivity index (χ0v) is 16.5. The fourth-order valence-electron chi connectivity index (χ4n) is 3.43. The molecule has 0 aromatic heterocycles. The molecule has 29 heavy (non-hydrogen) atoms. The molecule has 1 aliphatic rings. The van der Waals surface area contributed by atoms with Crippen LogP contribution in [0, 0.1) is 5.92 Å². The average molecular weight is 398 g/mol. The molecular formula is C23H26O6. The molecule has 2 aromatic rings. The van der Waals surface area contributed by atoms with Crippen LogP contribution in [0.3, 0.4) is 0 Å². The third-order valence-electron chi connectivity index (χ3n) is 5.00. The molecule has 3 rings (SSSR count). The molecule has 1 saturated carbocycles. The van der Waals surface area contributed by atoms with Crippen molar-refractivity contribution in [1.29, 1.82) is 0 Å². The van der Waals surface area contributed by atoms with Crippen LogP contribution in [0.2, 0.25) is 0 Å². The van der Waals surface area contributed by atoms with E-state index in [2.05, 4.69) is 0 Å². The first kappa shape index (κ1) is 20.7. The molecule has 0 amide bonds. The molecule has 0 aliphatic heterocycles. The normalized spacial score (nSPS) is 18.7. The molecule has 2 aromatic carbocycles. The van der Waals surface area contributed by atoms with Gasteiger partial charge >= 0.3 is 11.9 Å². The van der Waals surface area contributed by atoms with Crippen molar-refractivity contribution in [2.45, 2.75) is 45.3 Å². The Morgan fingerprint density at radius 1 is 1.00 bits per heavy atom. The number of esters is 2. The second-order valence-electron chi connectivity index (χ2n) is 7.08. The third-order valence-corrected chi connectivity index (χ3v) is 5.00. The van der Waals surface area contributed by atoms with Crippen LogP contribution in [0.4, 0.5) is 0 Å². The number of hydrogen-bond donors (Lipinski definition) is 1. The number of benzene rings is 2. The molecule has 0 bridgehead atoms. The molecule has 154 valence electrons. The summed E-state index contributed by atoms with van der Waals surface area (Å²) < 4.78 is 16.3. The maximum atomic E-state index is 12.2. The van der Waals surface area contributed by atoms with E-state index in [0.29, 0.717) is 12.4 Å². The zero-order chi connectivity index (χ0) is 20.6. The van der Waals surface area contributed by atoms with Gasteiger partial charge in [-0.15, -0.1) is 0 Å². The number of aromatic hydroxyl groups is 1. The number of carbonyl (C=O) groups excluding carboxylic acids is 2. The summed E-state index contributed by atoms with van der Waals surface area (Å²) >= 11 is 0. The number of phenolic OH excluding ortho intramolecular Hbond substituents is 1. The van der Waals surface area contributed by atoms with Crippen LogP contribution >= 0.6 is 0 Å². The first-order chi connectivity index (χ1) is 14.1. The van der Waals surface area contributed by atoms with E-state index in [-0.39, 0.29) is 35.9 Å². The Morgan fingerprint density at radius 2 is 1.72 bits per heavy atom. The molecule has 6 heteroatoms. The van der Waals surface area contributed by atoms with Crippen molar-refractivity contribution < 1.29 is 28.9 Å². The van der Waals surface area contributed by atoms with Crippen LogP contribution in [0.1, 0.15) is 48.5 Å². The highest BCUT2D eigenvalue weighted by Crippen LogP contribution is 2.31. The second kappa shape index (κ2) is 9.96. The lowest BCUT2D eigenvalue weighted by molar-refractivity contribution is -0.149. The Hall–Kier alpha value is -3.02. The Balaban J connectivity index is 1.52. The smallest absolute Gasteiger partial charge is 0.342 e. The van der Waals surface area contributed by atoms with E-state index in [1.165, 1.54) is 12.1 Å². The van der Waals surface area contributed by atoms with Gasteiger partial charge in [-0.3, -0.25) is 4.79 Å². The minimum absolute atomic E-state index is 0.0315. The van der Waals surface area contributed by atoms with E-state index in [4.69, 9.17) is 14.2 Å². The van der Waals surface area contributed by atoms with Gasteiger partial charge in [0.2, 0.25) is 0 Å². The minimum Gasteiger partial charge on any atom is -0.507 e. The van der Waals surface area contributed by atoms with Gasteiger partial charge < -0.3 is 19.3 Å². The molecule has 6 nitrogen and oxygen atoms in total. The van der Waals surface area contributed by atoms with Gasteiger partial charge in [0.25, 0.3) is 0 Å². The lowest BCUT2D eigenvalue weighted by Crippen LogP contribution is -2.29. The van der Waals surface area contributed by atoms with Gasteiger partial charge in [-0.2, -0.15) is 0 Å². The van der Waals surface area contributed by atoms with Gasteiger partial charge in [-0.05, 0) is 50.3 Å². The maximum absolute atomic E-state index is 12.2. The monoisotopic (exact) mass is 398 g/mol. The van der Waals surface area contributed by atoms with Crippen LogP contribution in [0.5, 0.6) is 11.5 Å². The van der Waals surface area contributed by atoms with Gasteiger partial charge in [0.15, 0.2) is 0 Å². The topological polar surface area (TPSA) is 82.1 Å². The zero-order valence-electron chi connectivity index (χ0n) is 16.5. The molecule has 1 N–H and O–H groups in total. The van der Waals surface area contributed by atoms with E-state index >= 15 is 0 Å². The quantitative estimate of drug-likeness (QED) is 0.702. The number of rotatable bonds is 7. The number of hydrogen-bond acceptors (Lipinski definition) is 6. The van der Waals surface area contributed by atoms with Gasteiger partial charge in [-0.1, -0.05) is 30.3 Å². The predicted octanol–water partition coefficient (Wildman–Crippen LogP) is 4.25. The molecule has 1 aliphatic carbocycles. The van der Waals surface area contributed by atoms with Crippen molar-refractivity contribution in [2.75, 3.05) is 6.61 Å². The summed E-state index contributed by atoms with van der Waals surface area (Å²) in [4.78, 5) is 24.0. The summed E-state index contributed by atoms with van der Waals surface area (Å²) in [5.41, 5.74) is 0.970. The Bertz CT molecular complexity index is 825. The highest BCUT2D eigenvalue weighted by molar-refractivity contribution is 5.92. The SMILES string of the molecule is CCOC(=O)[C@H]1CC[C@@H](Oc2ccc(C(=O)OCc3ccccc3)c(O)c2)CC1. The van der Waals surface area contributed by atoms with Crippen LogP contribution in [-0.2, 0) is 20.9 Å². The summed E-state index contributed by atoms with van der Waals surface area (Å²) in [6.45, 7) is 2.34. The van der Waals surface area contributed by atoms with Crippen LogP contribution in [0.15, 0.2) is 48.5 Å². The summed E-state index contributed by atoms with van der Waals surface area (Å²) in [7, 11) is 0. The lowest BCUT2D eigenvalue weighted by Gasteiger charge is -2.27. The predicted molar refractivity (Wildman–Crippen MR) is 107 cm³/mol. The molecule has 0 unspecified atom stereocenters. The fraction of sp³-hybridized carbons (Fsp3) is 0.391. The van der Waals surface area contributed by atoms with Gasteiger partial charge in [0.1, 0.15) is 23.7 Å². The first-order valence-electron chi connectivity index (χ1n) is 9.94. The van der Waals surface area contributed by atoms with E-state index in [1.807, 2.05) is 30.3 Å². The Morgan fingerprint density at radius 3 is 2.38 bits per heavy atom. The number of ether oxygens (including phenoxy) is 3. The summed E-state index contributed by atoms with van der Waals surface area (Å²) in [5.74, 6) is -0.484. The average Bonchev–Trinajstić information content (AvgIpc) is 2.73. The Kier molecular flexibility index (Phi) is 7.11. The number of phenols is 1. The van der Waals surface area contributed by atoms with E-state index in [9.17, 15) is 14.7 Å². The van der Waals surface area contributed by atoms with Gasteiger partial charge in [0, 0.05) is 6.07 Å². The molecular weight excluding hydrogens is 372 g/mol. The molecule has 0 atom stereocenters. The van der Waals surface area contributed by atoms with Crippen molar-refractivity contribution >= 4 is 11.9 Å². The highest BCUT2D eigenvalue weighted by Gasteiger charge is 2.28. The minimum atomic E-state index is -0.590. The largest absolute Gasteiger partial charge is 0.507 e. The van der Waals surface area contributed by atoms with Crippen LogP contribution in [0.25, 0.3) is 0 Å². The second-order valence-corrected chi connectivity index (χ2v) is 7.08. The van der Waals surface area contributed by atoms with Crippen molar-refractivity contribution in [1.82, 2.24) is 0 Å². The van der Waals surface area contributed by atoms with E-state index in [1.54, 1.807) is 13.0 Å². The Labute approximate surface area is 170 Å². The summed E-state index contributed by atoms with van der Waals surface area (Å²) in [6.07, 6.45) is 2.89. The summed E-state index contributed by atoms with van der Waals surface area (Å²) in [6, 6.07) is 13.9. The van der Waals surface area contributed by atoms with Crippen molar-refractivity contribution in [3.8, 4) is 11.5 Å². The number of carbonyl (C=O) groups is 2. The van der Waals surface area contributed by atoms with E-state index < -0.39 is 5.97 Å². The van der Waals surface area contributed by atoms with Crippen molar-refractivity contribution in [3.05, 3.63) is 59.7 Å². The molecule has 0 radical (unpaired) electrons. The standard InChI is InChI=1S/C23H26O6/c1-2-27-22(25)17-8-10-18(11-9-17)29-19-12-13-20(21(24)14-19)23(26)28-15-16-6-4-3-5-7-16/h3-7,12-14,17-18,24H,2,8-11,15H2,1H3/t17-,18+.